The highest BCUT2D eigenvalue weighted by molar-refractivity contribution is 6.07. The van der Waals surface area contributed by atoms with Crippen molar-refractivity contribution in [2.45, 2.75) is 31.1 Å². The molecule has 2 aliphatic rings. The van der Waals surface area contributed by atoms with Gasteiger partial charge in [-0.25, -0.2) is 13.5 Å². The van der Waals surface area contributed by atoms with E-state index in [-0.39, 0.29) is 23.4 Å². The van der Waals surface area contributed by atoms with Gasteiger partial charge in [0.25, 0.3) is 5.91 Å². The van der Waals surface area contributed by atoms with E-state index in [2.05, 4.69) is 10.1 Å². The zero-order chi connectivity index (χ0) is 20.8. The first-order valence-corrected chi connectivity index (χ1v) is 9.87. The van der Waals surface area contributed by atoms with Crippen LogP contribution in [0, 0.1) is 11.6 Å². The Morgan fingerprint density at radius 2 is 1.90 bits per heavy atom. The normalized spacial score (nSPS) is 19.8. The number of aromatic nitrogens is 2. The maximum Gasteiger partial charge on any atom is 0.280 e. The topological polar surface area (TPSA) is 56.5 Å². The van der Waals surface area contributed by atoms with Crippen molar-refractivity contribution in [3.05, 3.63) is 82.7 Å². The average Bonchev–Trinajstić information content (AvgIpc) is 3.46. The fraction of sp³-hybridized carbons (Fsp3) is 0.261. The third-order valence-electron chi connectivity index (χ3n) is 5.94. The summed E-state index contributed by atoms with van der Waals surface area (Å²) in [5.41, 5.74) is 2.93. The van der Waals surface area contributed by atoms with E-state index in [0.29, 0.717) is 11.3 Å². The molecule has 7 heteroatoms. The van der Waals surface area contributed by atoms with E-state index in [1.54, 1.807) is 24.3 Å². The van der Waals surface area contributed by atoms with Crippen LogP contribution in [0.2, 0.25) is 0 Å². The molecule has 0 spiro atoms. The average molecular weight is 407 g/mol. The number of carbonyl (C=O) groups is 1. The summed E-state index contributed by atoms with van der Waals surface area (Å²) < 4.78 is 35.0. The molecule has 2 unspecified atom stereocenters. The highest BCUT2D eigenvalue weighted by atomic mass is 19.1. The van der Waals surface area contributed by atoms with Crippen LogP contribution in [0.25, 0.3) is 5.69 Å². The van der Waals surface area contributed by atoms with Crippen LogP contribution >= 0.6 is 0 Å². The number of ether oxygens (including phenoxy) is 1. The van der Waals surface area contributed by atoms with Crippen LogP contribution in [0.5, 0.6) is 0 Å². The number of aliphatic imine (C=N–C) groups is 1. The van der Waals surface area contributed by atoms with Crippen LogP contribution in [-0.4, -0.2) is 28.7 Å². The SMILES string of the molecule is CO/C(=N\C(=O)c1ccccc1)c1nn(-c2ccc(F)cc2F)c2c1C1CCC2C1. The van der Waals surface area contributed by atoms with Crippen molar-refractivity contribution >= 4 is 11.8 Å². The standard InChI is InChI=1S/C23H19F2N3O2/c1-30-23(26-22(29)13-5-3-2-4-6-13)20-19-14-7-8-15(11-14)21(19)28(27-20)18-10-9-16(24)12-17(18)25/h2-6,9-10,12,14-15H,7-8,11H2,1H3/b26-23-. The van der Waals surface area contributed by atoms with Crippen molar-refractivity contribution in [3.63, 3.8) is 0 Å². The molecular weight excluding hydrogens is 388 g/mol. The summed E-state index contributed by atoms with van der Waals surface area (Å²) in [4.78, 5) is 16.8. The van der Waals surface area contributed by atoms with Gasteiger partial charge in [0, 0.05) is 23.1 Å². The lowest BCUT2D eigenvalue weighted by atomic mass is 9.95. The summed E-state index contributed by atoms with van der Waals surface area (Å²) in [6.07, 6.45) is 2.95. The van der Waals surface area contributed by atoms with Crippen molar-refractivity contribution in [1.29, 1.82) is 0 Å². The summed E-state index contributed by atoms with van der Waals surface area (Å²) >= 11 is 0. The molecule has 1 saturated carbocycles. The Bertz CT molecular complexity index is 1170. The maximum absolute atomic E-state index is 14.6. The van der Waals surface area contributed by atoms with Gasteiger partial charge in [-0.3, -0.25) is 4.79 Å². The van der Waals surface area contributed by atoms with Gasteiger partial charge in [0.05, 0.1) is 12.8 Å². The van der Waals surface area contributed by atoms with Crippen LogP contribution in [0.15, 0.2) is 53.5 Å². The lowest BCUT2D eigenvalue weighted by molar-refractivity contribution is 0.1000. The molecule has 1 amide bonds. The molecule has 1 heterocycles. The highest BCUT2D eigenvalue weighted by Crippen LogP contribution is 2.54. The quantitative estimate of drug-likeness (QED) is 0.465. The van der Waals surface area contributed by atoms with E-state index < -0.39 is 17.5 Å². The Kier molecular flexibility index (Phi) is 4.46. The second-order valence-electron chi connectivity index (χ2n) is 7.65. The van der Waals surface area contributed by atoms with E-state index in [1.165, 1.54) is 23.9 Å². The summed E-state index contributed by atoms with van der Waals surface area (Å²) in [5.74, 6) is -1.15. The van der Waals surface area contributed by atoms with Crippen molar-refractivity contribution in [3.8, 4) is 5.69 Å². The van der Waals surface area contributed by atoms with Crippen LogP contribution in [-0.2, 0) is 4.74 Å². The minimum atomic E-state index is -0.689. The number of hydrogen-bond donors (Lipinski definition) is 0. The van der Waals surface area contributed by atoms with E-state index in [1.807, 2.05) is 6.07 Å². The van der Waals surface area contributed by atoms with Crippen LogP contribution in [0.4, 0.5) is 8.78 Å². The number of hydrogen-bond acceptors (Lipinski definition) is 3. The summed E-state index contributed by atoms with van der Waals surface area (Å²) in [7, 11) is 1.44. The number of rotatable bonds is 3. The molecule has 2 aromatic carbocycles. The fourth-order valence-corrected chi connectivity index (χ4v) is 4.66. The molecule has 152 valence electrons. The third kappa shape index (κ3) is 2.93. The molecule has 0 radical (unpaired) electrons. The molecule has 2 bridgehead atoms. The molecule has 30 heavy (non-hydrogen) atoms. The van der Waals surface area contributed by atoms with E-state index in [4.69, 9.17) is 4.74 Å². The number of fused-ring (bicyclic) bond motifs is 5. The zero-order valence-corrected chi connectivity index (χ0v) is 16.3. The fourth-order valence-electron chi connectivity index (χ4n) is 4.66. The summed E-state index contributed by atoms with van der Waals surface area (Å²) in [6.45, 7) is 0. The van der Waals surface area contributed by atoms with E-state index in [9.17, 15) is 13.6 Å². The molecule has 2 aliphatic carbocycles. The van der Waals surface area contributed by atoms with Gasteiger partial charge in [-0.1, -0.05) is 18.2 Å². The molecule has 0 saturated heterocycles. The zero-order valence-electron chi connectivity index (χ0n) is 16.3. The minimum Gasteiger partial charge on any atom is -0.479 e. The van der Waals surface area contributed by atoms with Crippen LogP contribution in [0.1, 0.15) is 58.4 Å². The Labute approximate surface area is 172 Å². The monoisotopic (exact) mass is 407 g/mol. The van der Waals surface area contributed by atoms with Gasteiger partial charge in [-0.15, -0.1) is 0 Å². The molecule has 2 atom stereocenters. The van der Waals surface area contributed by atoms with Gasteiger partial charge < -0.3 is 4.74 Å². The number of methoxy groups -OCH3 is 1. The van der Waals surface area contributed by atoms with Crippen LogP contribution < -0.4 is 0 Å². The summed E-state index contributed by atoms with van der Waals surface area (Å²) in [6, 6.07) is 12.1. The molecule has 5 rings (SSSR count). The number of halogens is 2. The predicted octanol–water partition coefficient (Wildman–Crippen LogP) is 4.75. The van der Waals surface area contributed by atoms with E-state index in [0.717, 1.165) is 36.6 Å². The van der Waals surface area contributed by atoms with Crippen molar-refractivity contribution in [2.24, 2.45) is 4.99 Å². The first-order valence-electron chi connectivity index (χ1n) is 9.87. The number of benzene rings is 2. The van der Waals surface area contributed by atoms with Crippen molar-refractivity contribution < 1.29 is 18.3 Å². The van der Waals surface area contributed by atoms with Gasteiger partial charge >= 0.3 is 0 Å². The van der Waals surface area contributed by atoms with Crippen molar-refractivity contribution in [1.82, 2.24) is 9.78 Å². The Morgan fingerprint density at radius 3 is 2.63 bits per heavy atom. The maximum atomic E-state index is 14.6. The third-order valence-corrected chi connectivity index (χ3v) is 5.94. The van der Waals surface area contributed by atoms with Crippen LogP contribution in [0.3, 0.4) is 0 Å². The van der Waals surface area contributed by atoms with E-state index >= 15 is 0 Å². The molecule has 1 fully saturated rings. The number of carbonyl (C=O) groups excluding carboxylic acids is 1. The first kappa shape index (κ1) is 18.7. The minimum absolute atomic E-state index is 0.105. The molecular formula is C23H19F2N3O2. The molecule has 3 aromatic rings. The van der Waals surface area contributed by atoms with Crippen molar-refractivity contribution in [2.75, 3.05) is 7.11 Å². The molecule has 1 aromatic heterocycles. The molecule has 0 N–H and O–H groups in total. The second kappa shape index (κ2) is 7.16. The lowest BCUT2D eigenvalue weighted by Gasteiger charge is -2.14. The molecule has 0 aliphatic heterocycles. The van der Waals surface area contributed by atoms with Gasteiger partial charge in [0.2, 0.25) is 5.90 Å². The Balaban J connectivity index is 1.65. The van der Waals surface area contributed by atoms with Gasteiger partial charge in [-0.05, 0) is 49.4 Å². The largest absolute Gasteiger partial charge is 0.479 e. The number of amides is 1. The second-order valence-corrected chi connectivity index (χ2v) is 7.65. The smallest absolute Gasteiger partial charge is 0.280 e. The number of nitrogens with zero attached hydrogens (tertiary/aromatic N) is 3. The highest BCUT2D eigenvalue weighted by Gasteiger charge is 2.44. The van der Waals surface area contributed by atoms with Gasteiger partial charge in [-0.2, -0.15) is 10.1 Å². The predicted molar refractivity (Wildman–Crippen MR) is 107 cm³/mol. The first-order chi connectivity index (χ1) is 14.6. The van der Waals surface area contributed by atoms with Gasteiger partial charge in [0.1, 0.15) is 11.5 Å². The Hall–Kier alpha value is -3.35. The summed E-state index contributed by atoms with van der Waals surface area (Å²) in [5, 5.41) is 4.60. The Morgan fingerprint density at radius 1 is 1.13 bits per heavy atom. The van der Waals surface area contributed by atoms with Gasteiger partial charge in [0.15, 0.2) is 11.5 Å². The molecule has 5 nitrogen and oxygen atoms in total. The lowest BCUT2D eigenvalue weighted by Crippen LogP contribution is -2.12.